The molecule has 1 nitrogen and oxygen atoms in total. The van der Waals surface area contributed by atoms with Crippen LogP contribution < -0.4 is 5.32 Å². The number of halogens is 4. The van der Waals surface area contributed by atoms with Gasteiger partial charge in [-0.15, -0.1) is 0 Å². The maximum atomic E-state index is 13.1. The normalized spacial score (nSPS) is 12.2. The van der Waals surface area contributed by atoms with Gasteiger partial charge in [-0.25, -0.2) is 17.6 Å². The highest BCUT2D eigenvalue weighted by Crippen LogP contribution is 2.19. The molecule has 0 radical (unpaired) electrons. The lowest BCUT2D eigenvalue weighted by Gasteiger charge is -2.15. The van der Waals surface area contributed by atoms with E-state index in [1.54, 1.807) is 19.1 Å². The van der Waals surface area contributed by atoms with Crippen molar-refractivity contribution in [2.24, 2.45) is 0 Å². The van der Waals surface area contributed by atoms with Crippen LogP contribution in [0.2, 0.25) is 0 Å². The molecule has 2 aromatic carbocycles. The minimum Gasteiger partial charge on any atom is -0.382 e. The molecule has 5 heteroatoms. The molecule has 0 saturated carbocycles. The minimum absolute atomic E-state index is 0.144. The molecule has 0 aromatic heterocycles. The van der Waals surface area contributed by atoms with Crippen LogP contribution in [-0.4, -0.2) is 6.04 Å². The lowest BCUT2D eigenvalue weighted by molar-refractivity contribution is 0.447. The van der Waals surface area contributed by atoms with Gasteiger partial charge in [-0.05, 0) is 31.0 Å². The molecule has 2 rings (SSSR count). The second kappa shape index (κ2) is 5.94. The van der Waals surface area contributed by atoms with Crippen molar-refractivity contribution in [3.63, 3.8) is 0 Å². The van der Waals surface area contributed by atoms with Crippen LogP contribution in [0.3, 0.4) is 0 Å². The molecule has 0 saturated heterocycles. The van der Waals surface area contributed by atoms with E-state index in [1.807, 2.05) is 0 Å². The molecule has 0 fully saturated rings. The van der Waals surface area contributed by atoms with Crippen LogP contribution in [0.1, 0.15) is 12.5 Å². The quantitative estimate of drug-likeness (QED) is 0.652. The van der Waals surface area contributed by atoms with Crippen molar-refractivity contribution in [3.05, 3.63) is 65.2 Å². The smallest absolute Gasteiger partial charge is 0.194 e. The monoisotopic (exact) mass is 283 g/mol. The summed E-state index contributed by atoms with van der Waals surface area (Å²) < 4.78 is 52.0. The second-order valence-electron chi connectivity index (χ2n) is 4.63. The third-order valence-corrected chi connectivity index (χ3v) is 2.83. The summed E-state index contributed by atoms with van der Waals surface area (Å²) in [4.78, 5) is 0. The van der Waals surface area contributed by atoms with Crippen molar-refractivity contribution in [3.8, 4) is 0 Å². The van der Waals surface area contributed by atoms with Crippen molar-refractivity contribution in [1.29, 1.82) is 0 Å². The highest BCUT2D eigenvalue weighted by atomic mass is 19.2. The Balaban J connectivity index is 2.06. The van der Waals surface area contributed by atoms with E-state index in [0.717, 1.165) is 17.7 Å². The maximum Gasteiger partial charge on any atom is 0.194 e. The Morgan fingerprint density at radius 2 is 1.65 bits per heavy atom. The number of nitrogens with one attached hydrogen (secondary N) is 1. The topological polar surface area (TPSA) is 12.0 Å². The van der Waals surface area contributed by atoms with Crippen LogP contribution in [0.5, 0.6) is 0 Å². The third kappa shape index (κ3) is 3.50. The van der Waals surface area contributed by atoms with Crippen LogP contribution in [-0.2, 0) is 6.42 Å². The number of benzene rings is 2. The van der Waals surface area contributed by atoms with E-state index in [-0.39, 0.29) is 17.5 Å². The first kappa shape index (κ1) is 14.4. The van der Waals surface area contributed by atoms with Gasteiger partial charge in [0, 0.05) is 23.9 Å². The van der Waals surface area contributed by atoms with Crippen molar-refractivity contribution >= 4 is 5.69 Å². The van der Waals surface area contributed by atoms with E-state index in [9.17, 15) is 17.6 Å². The van der Waals surface area contributed by atoms with Crippen molar-refractivity contribution in [2.75, 3.05) is 5.32 Å². The molecule has 106 valence electrons. The maximum absolute atomic E-state index is 13.1. The number of hydrogen-bond donors (Lipinski definition) is 1. The fourth-order valence-electron chi connectivity index (χ4n) is 1.99. The van der Waals surface area contributed by atoms with Gasteiger partial charge in [0.05, 0.1) is 0 Å². The first-order chi connectivity index (χ1) is 9.45. The molecule has 0 heterocycles. The molecular formula is C15H13F4N. The van der Waals surface area contributed by atoms with Crippen molar-refractivity contribution < 1.29 is 17.6 Å². The minimum atomic E-state index is -1.49. The van der Waals surface area contributed by atoms with Crippen LogP contribution in [0.4, 0.5) is 23.2 Å². The van der Waals surface area contributed by atoms with E-state index in [0.29, 0.717) is 6.42 Å². The predicted octanol–water partition coefficient (Wildman–Crippen LogP) is 4.29. The van der Waals surface area contributed by atoms with Crippen molar-refractivity contribution in [2.45, 2.75) is 19.4 Å². The summed E-state index contributed by atoms with van der Waals surface area (Å²) in [6, 6.07) is 7.67. The van der Waals surface area contributed by atoms with E-state index in [2.05, 4.69) is 5.32 Å². The fraction of sp³-hybridized carbons (Fsp3) is 0.200. The largest absolute Gasteiger partial charge is 0.382 e. The first-order valence-electron chi connectivity index (χ1n) is 6.11. The summed E-state index contributed by atoms with van der Waals surface area (Å²) in [6.45, 7) is 1.78. The lowest BCUT2D eigenvalue weighted by Crippen LogP contribution is -2.18. The van der Waals surface area contributed by atoms with E-state index < -0.39 is 17.5 Å². The average molecular weight is 283 g/mol. The van der Waals surface area contributed by atoms with Gasteiger partial charge in [-0.1, -0.05) is 12.1 Å². The van der Waals surface area contributed by atoms with Crippen LogP contribution >= 0.6 is 0 Å². The van der Waals surface area contributed by atoms with Gasteiger partial charge >= 0.3 is 0 Å². The predicted molar refractivity (Wildman–Crippen MR) is 69.5 cm³/mol. The fourth-order valence-corrected chi connectivity index (χ4v) is 1.99. The Morgan fingerprint density at radius 3 is 2.25 bits per heavy atom. The standard InChI is InChI=1S/C15H13F4N/c1-9(5-10-3-2-4-11(16)6-10)20-12-7-13(17)15(19)14(18)8-12/h2-4,6-9,20H,5H2,1H3. The first-order valence-corrected chi connectivity index (χ1v) is 6.11. The zero-order valence-corrected chi connectivity index (χ0v) is 10.8. The highest BCUT2D eigenvalue weighted by Gasteiger charge is 2.12. The molecule has 0 spiro atoms. The Bertz CT molecular complexity index is 590. The Hall–Kier alpha value is -2.04. The van der Waals surface area contributed by atoms with E-state index in [4.69, 9.17) is 0 Å². The lowest BCUT2D eigenvalue weighted by atomic mass is 10.1. The highest BCUT2D eigenvalue weighted by molar-refractivity contribution is 5.45. The third-order valence-electron chi connectivity index (χ3n) is 2.83. The number of rotatable bonds is 4. The second-order valence-corrected chi connectivity index (χ2v) is 4.63. The van der Waals surface area contributed by atoms with Crippen LogP contribution in [0, 0.1) is 23.3 Å². The Kier molecular flexibility index (Phi) is 4.27. The number of hydrogen-bond acceptors (Lipinski definition) is 1. The zero-order chi connectivity index (χ0) is 14.7. The Labute approximate surface area is 114 Å². The average Bonchev–Trinajstić information content (AvgIpc) is 2.35. The summed E-state index contributed by atoms with van der Waals surface area (Å²) in [5, 5.41) is 2.85. The summed E-state index contributed by atoms with van der Waals surface area (Å²) in [7, 11) is 0. The molecule has 2 aromatic rings. The summed E-state index contributed by atoms with van der Waals surface area (Å²) in [5.41, 5.74) is 0.901. The van der Waals surface area contributed by atoms with Gasteiger partial charge in [0.1, 0.15) is 5.82 Å². The summed E-state index contributed by atoms with van der Waals surface area (Å²) >= 11 is 0. The number of anilines is 1. The molecule has 1 unspecified atom stereocenters. The van der Waals surface area contributed by atoms with Crippen LogP contribution in [0.15, 0.2) is 36.4 Å². The van der Waals surface area contributed by atoms with Crippen molar-refractivity contribution in [1.82, 2.24) is 0 Å². The van der Waals surface area contributed by atoms with E-state index in [1.165, 1.54) is 12.1 Å². The van der Waals surface area contributed by atoms with Gasteiger partial charge in [-0.2, -0.15) is 0 Å². The molecule has 20 heavy (non-hydrogen) atoms. The Morgan fingerprint density at radius 1 is 1.00 bits per heavy atom. The zero-order valence-electron chi connectivity index (χ0n) is 10.8. The molecule has 0 bridgehead atoms. The SMILES string of the molecule is CC(Cc1cccc(F)c1)Nc1cc(F)c(F)c(F)c1. The molecular weight excluding hydrogens is 270 g/mol. The molecule has 1 N–H and O–H groups in total. The van der Waals surface area contributed by atoms with Gasteiger partial charge in [0.25, 0.3) is 0 Å². The van der Waals surface area contributed by atoms with Gasteiger partial charge in [0.2, 0.25) is 0 Å². The summed E-state index contributed by atoms with van der Waals surface area (Å²) in [5.74, 6) is -4.32. The molecule has 0 aliphatic rings. The van der Waals surface area contributed by atoms with Gasteiger partial charge in [-0.3, -0.25) is 0 Å². The molecule has 1 atom stereocenters. The molecule has 0 aliphatic carbocycles. The molecule has 0 amide bonds. The van der Waals surface area contributed by atoms with Gasteiger partial charge < -0.3 is 5.32 Å². The summed E-state index contributed by atoms with van der Waals surface area (Å²) in [6.07, 6.45) is 0.471. The molecule has 0 aliphatic heterocycles. The van der Waals surface area contributed by atoms with E-state index >= 15 is 0 Å². The van der Waals surface area contributed by atoms with Gasteiger partial charge in [0.15, 0.2) is 17.5 Å². The van der Waals surface area contributed by atoms with Crippen LogP contribution in [0.25, 0.3) is 0 Å².